The number of nitrogens with one attached hydrogen (secondary N) is 1. The molecule has 7 heteroatoms. The monoisotopic (exact) mass is 431 g/mol. The molecular formula is C24H37N3O4. The van der Waals surface area contributed by atoms with E-state index in [1.165, 1.54) is 5.56 Å². The SMILES string of the molecule is CCC(C)(CNC(=O)OC(C)(C)C)C(=O)N1CC2OCCN(Cc3ccccc3)C2C1. The second-order valence-electron chi connectivity index (χ2n) is 9.91. The molecule has 1 N–H and O–H groups in total. The Morgan fingerprint density at radius 2 is 1.87 bits per heavy atom. The van der Waals surface area contributed by atoms with Gasteiger partial charge in [0.05, 0.1) is 24.2 Å². The lowest BCUT2D eigenvalue weighted by atomic mass is 9.85. The number of hydrogen-bond acceptors (Lipinski definition) is 5. The number of alkyl carbamates (subject to hydrolysis) is 1. The third-order valence-electron chi connectivity index (χ3n) is 6.25. The molecule has 2 fully saturated rings. The van der Waals surface area contributed by atoms with Crippen LogP contribution < -0.4 is 5.32 Å². The Morgan fingerprint density at radius 1 is 1.16 bits per heavy atom. The van der Waals surface area contributed by atoms with Gasteiger partial charge in [-0.3, -0.25) is 9.69 Å². The molecule has 2 heterocycles. The van der Waals surface area contributed by atoms with Crippen LogP contribution in [0.1, 0.15) is 46.6 Å². The quantitative estimate of drug-likeness (QED) is 0.750. The molecule has 3 rings (SSSR count). The highest BCUT2D eigenvalue weighted by Crippen LogP contribution is 2.30. The molecule has 0 aromatic heterocycles. The van der Waals surface area contributed by atoms with E-state index in [9.17, 15) is 9.59 Å². The van der Waals surface area contributed by atoms with Crippen molar-refractivity contribution in [1.29, 1.82) is 0 Å². The molecule has 2 aliphatic heterocycles. The first-order valence-corrected chi connectivity index (χ1v) is 11.3. The van der Waals surface area contributed by atoms with Crippen molar-refractivity contribution in [3.8, 4) is 0 Å². The summed E-state index contributed by atoms with van der Waals surface area (Å²) in [5.74, 6) is 0.0590. The first kappa shape index (κ1) is 23.5. The maximum atomic E-state index is 13.5. The van der Waals surface area contributed by atoms with Gasteiger partial charge in [-0.05, 0) is 39.7 Å². The van der Waals surface area contributed by atoms with Crippen molar-refractivity contribution in [3.63, 3.8) is 0 Å². The Labute approximate surface area is 186 Å². The van der Waals surface area contributed by atoms with E-state index >= 15 is 0 Å². The Balaban J connectivity index is 1.62. The minimum atomic E-state index is -0.686. The van der Waals surface area contributed by atoms with E-state index in [1.807, 2.05) is 45.6 Å². The molecule has 0 aliphatic carbocycles. The fourth-order valence-electron chi connectivity index (χ4n) is 4.25. The van der Waals surface area contributed by atoms with Crippen molar-refractivity contribution in [3.05, 3.63) is 35.9 Å². The molecule has 0 saturated carbocycles. The minimum Gasteiger partial charge on any atom is -0.444 e. The van der Waals surface area contributed by atoms with Gasteiger partial charge >= 0.3 is 6.09 Å². The van der Waals surface area contributed by atoms with Crippen LogP contribution in [-0.4, -0.2) is 72.3 Å². The van der Waals surface area contributed by atoms with E-state index in [2.05, 4.69) is 34.5 Å². The molecule has 1 aromatic carbocycles. The molecule has 0 bridgehead atoms. The van der Waals surface area contributed by atoms with Gasteiger partial charge in [0.25, 0.3) is 0 Å². The Morgan fingerprint density at radius 3 is 2.52 bits per heavy atom. The fourth-order valence-corrected chi connectivity index (χ4v) is 4.25. The Kier molecular flexibility index (Phi) is 7.27. The van der Waals surface area contributed by atoms with E-state index in [0.717, 1.165) is 13.1 Å². The van der Waals surface area contributed by atoms with Gasteiger partial charge in [0.1, 0.15) is 5.60 Å². The van der Waals surface area contributed by atoms with Gasteiger partial charge in [-0.25, -0.2) is 4.79 Å². The lowest BCUT2D eigenvalue weighted by Gasteiger charge is -2.36. The first-order valence-electron chi connectivity index (χ1n) is 11.3. The van der Waals surface area contributed by atoms with Gasteiger partial charge in [0.15, 0.2) is 0 Å². The predicted octanol–water partition coefficient (Wildman–Crippen LogP) is 3.04. The summed E-state index contributed by atoms with van der Waals surface area (Å²) in [5, 5.41) is 2.79. The van der Waals surface area contributed by atoms with Crippen molar-refractivity contribution in [2.24, 2.45) is 5.41 Å². The molecule has 3 unspecified atom stereocenters. The van der Waals surface area contributed by atoms with Gasteiger partial charge in [0, 0.05) is 32.7 Å². The number of ether oxygens (including phenoxy) is 2. The highest BCUT2D eigenvalue weighted by atomic mass is 16.6. The predicted molar refractivity (Wildman–Crippen MR) is 120 cm³/mol. The van der Waals surface area contributed by atoms with E-state index in [4.69, 9.17) is 9.47 Å². The Hall–Kier alpha value is -2.12. The van der Waals surface area contributed by atoms with Gasteiger partial charge in [-0.2, -0.15) is 0 Å². The summed E-state index contributed by atoms with van der Waals surface area (Å²) < 4.78 is 11.4. The number of rotatable bonds is 6. The molecule has 7 nitrogen and oxygen atoms in total. The van der Waals surface area contributed by atoms with Crippen LogP contribution in [0.2, 0.25) is 0 Å². The number of benzene rings is 1. The summed E-state index contributed by atoms with van der Waals surface area (Å²) in [7, 11) is 0. The number of carbonyl (C=O) groups is 2. The molecule has 2 saturated heterocycles. The molecule has 2 aliphatic rings. The average molecular weight is 432 g/mol. The van der Waals surface area contributed by atoms with E-state index in [1.54, 1.807) is 0 Å². The van der Waals surface area contributed by atoms with Crippen molar-refractivity contribution in [1.82, 2.24) is 15.1 Å². The summed E-state index contributed by atoms with van der Waals surface area (Å²) in [6.07, 6.45) is 0.163. The summed E-state index contributed by atoms with van der Waals surface area (Å²) in [6.45, 7) is 13.3. The van der Waals surface area contributed by atoms with Crippen LogP contribution in [0.15, 0.2) is 30.3 Å². The van der Waals surface area contributed by atoms with Crippen molar-refractivity contribution in [2.45, 2.75) is 65.3 Å². The van der Waals surface area contributed by atoms with Gasteiger partial charge in [-0.15, -0.1) is 0 Å². The zero-order valence-electron chi connectivity index (χ0n) is 19.5. The van der Waals surface area contributed by atoms with Crippen molar-refractivity contribution >= 4 is 12.0 Å². The minimum absolute atomic E-state index is 0.0290. The summed E-state index contributed by atoms with van der Waals surface area (Å²) >= 11 is 0. The molecule has 2 amide bonds. The second kappa shape index (κ2) is 9.57. The highest BCUT2D eigenvalue weighted by Gasteiger charge is 2.45. The molecular weight excluding hydrogens is 394 g/mol. The van der Waals surface area contributed by atoms with E-state index in [-0.39, 0.29) is 24.6 Å². The number of hydrogen-bond donors (Lipinski definition) is 1. The molecule has 0 spiro atoms. The van der Waals surface area contributed by atoms with Crippen LogP contribution in [-0.2, 0) is 20.8 Å². The molecule has 172 valence electrons. The zero-order valence-corrected chi connectivity index (χ0v) is 19.5. The average Bonchev–Trinajstić information content (AvgIpc) is 3.16. The summed E-state index contributed by atoms with van der Waals surface area (Å²) in [5.41, 5.74) is 0.0168. The number of carbonyl (C=O) groups excluding carboxylic acids is 2. The smallest absolute Gasteiger partial charge is 0.407 e. The summed E-state index contributed by atoms with van der Waals surface area (Å²) in [6, 6.07) is 10.6. The standard InChI is InChI=1S/C24H37N3O4/c1-6-24(5,17-25-22(29)31-23(2,3)4)21(28)27-15-19-20(16-27)30-13-12-26(19)14-18-10-8-7-9-11-18/h7-11,19-20H,6,12-17H2,1-5H3,(H,25,29). The molecule has 1 aromatic rings. The lowest BCUT2D eigenvalue weighted by molar-refractivity contribution is -0.140. The van der Waals surface area contributed by atoms with Crippen LogP contribution in [0.25, 0.3) is 0 Å². The van der Waals surface area contributed by atoms with Crippen LogP contribution in [0.4, 0.5) is 4.79 Å². The largest absolute Gasteiger partial charge is 0.444 e. The lowest BCUT2D eigenvalue weighted by Crippen LogP contribution is -2.50. The van der Waals surface area contributed by atoms with Crippen molar-refractivity contribution in [2.75, 3.05) is 32.8 Å². The maximum absolute atomic E-state index is 13.5. The second-order valence-corrected chi connectivity index (χ2v) is 9.91. The number of morpholine rings is 1. The molecule has 3 atom stereocenters. The van der Waals surface area contributed by atoms with Crippen LogP contribution >= 0.6 is 0 Å². The first-order chi connectivity index (χ1) is 14.6. The fraction of sp³-hybridized carbons (Fsp3) is 0.667. The number of likely N-dealkylation sites (tertiary alicyclic amines) is 1. The van der Waals surface area contributed by atoms with Crippen LogP contribution in [0.5, 0.6) is 0 Å². The van der Waals surface area contributed by atoms with Gasteiger partial charge in [-0.1, -0.05) is 37.3 Å². The maximum Gasteiger partial charge on any atom is 0.407 e. The number of fused-ring (bicyclic) bond motifs is 1. The van der Waals surface area contributed by atoms with Gasteiger partial charge < -0.3 is 19.7 Å². The van der Waals surface area contributed by atoms with Crippen LogP contribution in [0, 0.1) is 5.41 Å². The topological polar surface area (TPSA) is 71.1 Å². The third-order valence-corrected chi connectivity index (χ3v) is 6.25. The molecule has 0 radical (unpaired) electrons. The summed E-state index contributed by atoms with van der Waals surface area (Å²) in [4.78, 5) is 29.9. The number of amides is 2. The van der Waals surface area contributed by atoms with Gasteiger partial charge in [0.2, 0.25) is 5.91 Å². The zero-order chi connectivity index (χ0) is 22.6. The number of nitrogens with zero attached hydrogens (tertiary/aromatic N) is 2. The Bertz CT molecular complexity index is 764. The van der Waals surface area contributed by atoms with Crippen LogP contribution in [0.3, 0.4) is 0 Å². The molecule has 31 heavy (non-hydrogen) atoms. The van der Waals surface area contributed by atoms with E-state index < -0.39 is 17.1 Å². The highest BCUT2D eigenvalue weighted by molar-refractivity contribution is 5.83. The third kappa shape index (κ3) is 5.98. The normalized spacial score (nSPS) is 23.7. The van der Waals surface area contributed by atoms with E-state index in [0.29, 0.717) is 26.1 Å². The van der Waals surface area contributed by atoms with Crippen molar-refractivity contribution < 1.29 is 19.1 Å².